The summed E-state index contributed by atoms with van der Waals surface area (Å²) in [4.78, 5) is 14.3. The van der Waals surface area contributed by atoms with Crippen LogP contribution in [-0.2, 0) is 10.5 Å². The fourth-order valence-electron chi connectivity index (χ4n) is 3.62. The van der Waals surface area contributed by atoms with Gasteiger partial charge in [-0.05, 0) is 36.8 Å². The highest BCUT2D eigenvalue weighted by atomic mass is 32.2. The van der Waals surface area contributed by atoms with Crippen molar-refractivity contribution in [3.05, 3.63) is 58.5 Å². The van der Waals surface area contributed by atoms with Gasteiger partial charge in [0.15, 0.2) is 17.3 Å². The first-order valence-electron chi connectivity index (χ1n) is 8.81. The van der Waals surface area contributed by atoms with Crippen LogP contribution in [0.2, 0.25) is 0 Å². The van der Waals surface area contributed by atoms with Crippen molar-refractivity contribution in [1.29, 1.82) is 5.26 Å². The first-order valence-corrected chi connectivity index (χ1v) is 9.80. The number of benzene rings is 1. The molecule has 2 aliphatic heterocycles. The van der Waals surface area contributed by atoms with E-state index in [9.17, 15) is 20.3 Å². The van der Waals surface area contributed by atoms with Crippen molar-refractivity contribution in [3.63, 3.8) is 0 Å². The van der Waals surface area contributed by atoms with Crippen LogP contribution < -0.4 is 4.74 Å². The number of allylic oxidation sites excluding steroid dienone is 1. The summed E-state index contributed by atoms with van der Waals surface area (Å²) in [6, 6.07) is 10.3. The van der Waals surface area contributed by atoms with E-state index in [1.165, 1.54) is 29.0 Å². The summed E-state index contributed by atoms with van der Waals surface area (Å²) in [6.45, 7) is 2.19. The van der Waals surface area contributed by atoms with Crippen molar-refractivity contribution in [3.8, 4) is 17.6 Å². The van der Waals surface area contributed by atoms with Crippen molar-refractivity contribution in [1.82, 2.24) is 4.90 Å². The minimum atomic E-state index is -1.61. The van der Waals surface area contributed by atoms with Crippen molar-refractivity contribution >= 4 is 17.7 Å². The molecule has 8 heteroatoms. The molecule has 2 N–H and O–H groups in total. The van der Waals surface area contributed by atoms with Crippen LogP contribution in [0.5, 0.6) is 11.5 Å². The largest absolute Gasteiger partial charge is 0.504 e. The Hall–Kier alpha value is -2.89. The van der Waals surface area contributed by atoms with Gasteiger partial charge in [0.2, 0.25) is 11.6 Å². The fourth-order valence-corrected chi connectivity index (χ4v) is 4.95. The number of aromatic hydroxyl groups is 1. The number of hydrogen-bond acceptors (Lipinski definition) is 7. The Kier molecular flexibility index (Phi) is 4.57. The monoisotopic (exact) mass is 398 g/mol. The predicted molar refractivity (Wildman–Crippen MR) is 101 cm³/mol. The molecule has 3 heterocycles. The molecule has 0 spiro atoms. The number of amides is 1. The molecule has 1 fully saturated rings. The zero-order chi connectivity index (χ0) is 19.9. The lowest BCUT2D eigenvalue weighted by molar-refractivity contribution is -0.152. The number of carbonyl (C=O) groups is 1. The van der Waals surface area contributed by atoms with Gasteiger partial charge in [-0.3, -0.25) is 9.69 Å². The lowest BCUT2D eigenvalue weighted by Crippen LogP contribution is -2.48. The molecule has 7 nitrogen and oxygen atoms in total. The van der Waals surface area contributed by atoms with Gasteiger partial charge in [0.25, 0.3) is 0 Å². The van der Waals surface area contributed by atoms with E-state index in [4.69, 9.17) is 9.15 Å². The van der Waals surface area contributed by atoms with Gasteiger partial charge in [-0.2, -0.15) is 5.26 Å². The first kappa shape index (κ1) is 18.5. The fraction of sp³-hybridized carbons (Fsp3) is 0.300. The Morgan fingerprint density at radius 3 is 2.96 bits per heavy atom. The van der Waals surface area contributed by atoms with Gasteiger partial charge in [0.1, 0.15) is 0 Å². The Labute approximate surface area is 165 Å². The second-order valence-corrected chi connectivity index (χ2v) is 7.52. The number of ether oxygens (including phenoxy) is 1. The first-order chi connectivity index (χ1) is 13.5. The third-order valence-electron chi connectivity index (χ3n) is 4.91. The summed E-state index contributed by atoms with van der Waals surface area (Å²) in [7, 11) is 0. The maximum atomic E-state index is 13.0. The van der Waals surface area contributed by atoms with Crippen molar-refractivity contribution in [2.45, 2.75) is 25.0 Å². The zero-order valence-corrected chi connectivity index (χ0v) is 15.9. The van der Waals surface area contributed by atoms with Crippen LogP contribution in [-0.4, -0.2) is 33.4 Å². The Morgan fingerprint density at radius 2 is 2.29 bits per heavy atom. The van der Waals surface area contributed by atoms with E-state index in [-0.39, 0.29) is 29.6 Å². The lowest BCUT2D eigenvalue weighted by atomic mass is 9.85. The third kappa shape index (κ3) is 2.75. The van der Waals surface area contributed by atoms with E-state index in [2.05, 4.69) is 6.07 Å². The topological polar surface area (TPSA) is 107 Å². The van der Waals surface area contributed by atoms with E-state index >= 15 is 0 Å². The average molecular weight is 398 g/mol. The summed E-state index contributed by atoms with van der Waals surface area (Å²) in [5.74, 6) is -0.0169. The van der Waals surface area contributed by atoms with Crippen LogP contribution in [0.3, 0.4) is 0 Å². The molecule has 0 bridgehead atoms. The Bertz CT molecular complexity index is 995. The van der Waals surface area contributed by atoms with E-state index in [1.807, 2.05) is 0 Å². The Balaban J connectivity index is 1.78. The van der Waals surface area contributed by atoms with Gasteiger partial charge in [0.05, 0.1) is 35.3 Å². The van der Waals surface area contributed by atoms with Gasteiger partial charge in [0, 0.05) is 12.3 Å². The summed E-state index contributed by atoms with van der Waals surface area (Å²) < 4.78 is 10.8. The molecule has 144 valence electrons. The normalized spacial score (nSPS) is 24.2. The molecule has 0 aliphatic carbocycles. The highest BCUT2D eigenvalue weighted by Crippen LogP contribution is 2.52. The number of phenolic OH excluding ortho intramolecular Hbond substituents is 1. The molecule has 1 aromatic heterocycles. The molecule has 0 radical (unpaired) electrons. The Morgan fingerprint density at radius 1 is 1.46 bits per heavy atom. The summed E-state index contributed by atoms with van der Waals surface area (Å²) in [5.41, 5.74) is -0.508. The number of phenols is 1. The van der Waals surface area contributed by atoms with Crippen molar-refractivity contribution in [2.24, 2.45) is 0 Å². The number of furan rings is 1. The number of aliphatic hydroxyl groups is 1. The number of rotatable bonds is 4. The number of thioether (sulfide) groups is 1. The van der Waals surface area contributed by atoms with E-state index in [0.29, 0.717) is 28.5 Å². The predicted octanol–water partition coefficient (Wildman–Crippen LogP) is 3.03. The molecule has 4 rings (SSSR count). The molecule has 1 saturated heterocycles. The third-order valence-corrected chi connectivity index (χ3v) is 6.14. The van der Waals surface area contributed by atoms with E-state index < -0.39 is 11.6 Å². The molecule has 2 aliphatic rings. The summed E-state index contributed by atoms with van der Waals surface area (Å²) in [6.07, 6.45) is 1.46. The minimum Gasteiger partial charge on any atom is -0.504 e. The standard InChI is InChI=1S/C20H18N2O5S/c1-2-26-16-8-12(5-6-15(16)23)13-9-18(24)22-19(14(13)10-21)28-11-20(22,25)17-4-3-7-27-17/h3-8,13,23,25H,2,9,11H2,1H3. The molecule has 2 aromatic rings. The minimum absolute atomic E-state index is 0.00274. The van der Waals surface area contributed by atoms with Gasteiger partial charge < -0.3 is 19.4 Å². The molecule has 2 atom stereocenters. The maximum absolute atomic E-state index is 13.0. The van der Waals surface area contributed by atoms with Gasteiger partial charge in [-0.25, -0.2) is 0 Å². The summed E-state index contributed by atoms with van der Waals surface area (Å²) in [5, 5.41) is 31.3. The highest BCUT2D eigenvalue weighted by molar-refractivity contribution is 8.03. The van der Waals surface area contributed by atoms with Crippen molar-refractivity contribution < 1.29 is 24.2 Å². The quantitative estimate of drug-likeness (QED) is 0.815. The van der Waals surface area contributed by atoms with Crippen molar-refractivity contribution in [2.75, 3.05) is 12.4 Å². The van der Waals surface area contributed by atoms with Crippen LogP contribution in [0.25, 0.3) is 0 Å². The second kappa shape index (κ2) is 6.93. The number of carbonyl (C=O) groups excluding carboxylic acids is 1. The smallest absolute Gasteiger partial charge is 0.231 e. The zero-order valence-electron chi connectivity index (χ0n) is 15.1. The highest BCUT2D eigenvalue weighted by Gasteiger charge is 2.53. The molecular formula is C20H18N2O5S. The lowest BCUT2D eigenvalue weighted by Gasteiger charge is -2.36. The van der Waals surface area contributed by atoms with Gasteiger partial charge in [-0.1, -0.05) is 6.07 Å². The SMILES string of the molecule is CCOc1cc(C2CC(=O)N3C(=C2C#N)SCC3(O)c2ccco2)ccc1O. The van der Waals surface area contributed by atoms with E-state index in [0.717, 1.165) is 0 Å². The number of hydrogen-bond donors (Lipinski definition) is 2. The molecule has 1 amide bonds. The average Bonchev–Trinajstić information content (AvgIpc) is 3.33. The van der Waals surface area contributed by atoms with Crippen LogP contribution in [0.15, 0.2) is 51.6 Å². The van der Waals surface area contributed by atoms with Crippen LogP contribution >= 0.6 is 11.8 Å². The number of nitrogens with zero attached hydrogens (tertiary/aromatic N) is 2. The van der Waals surface area contributed by atoms with Crippen LogP contribution in [0, 0.1) is 11.3 Å². The number of fused-ring (bicyclic) bond motifs is 1. The second-order valence-electron chi connectivity index (χ2n) is 6.56. The maximum Gasteiger partial charge on any atom is 0.231 e. The van der Waals surface area contributed by atoms with Gasteiger partial charge in [-0.15, -0.1) is 11.8 Å². The van der Waals surface area contributed by atoms with Crippen LogP contribution in [0.1, 0.15) is 30.6 Å². The van der Waals surface area contributed by atoms with Crippen LogP contribution in [0.4, 0.5) is 0 Å². The van der Waals surface area contributed by atoms with Gasteiger partial charge >= 0.3 is 0 Å². The summed E-state index contributed by atoms with van der Waals surface area (Å²) >= 11 is 1.26. The molecule has 0 saturated carbocycles. The molecule has 2 unspecified atom stereocenters. The molecule has 28 heavy (non-hydrogen) atoms. The molecule has 1 aromatic carbocycles. The number of nitriles is 1. The molecular weight excluding hydrogens is 380 g/mol. The van der Waals surface area contributed by atoms with E-state index in [1.54, 1.807) is 31.2 Å².